The van der Waals surface area contributed by atoms with Gasteiger partial charge >= 0.3 is 5.97 Å². The van der Waals surface area contributed by atoms with E-state index in [9.17, 15) is 9.59 Å². The first-order chi connectivity index (χ1) is 13.9. The van der Waals surface area contributed by atoms with Crippen LogP contribution in [0.1, 0.15) is 24.2 Å². The Labute approximate surface area is 170 Å². The van der Waals surface area contributed by atoms with Crippen molar-refractivity contribution in [2.45, 2.75) is 20.0 Å². The van der Waals surface area contributed by atoms with Gasteiger partial charge in [-0.25, -0.2) is 4.79 Å². The Bertz CT molecular complexity index is 866. The van der Waals surface area contributed by atoms with Crippen LogP contribution in [0, 0.1) is 0 Å². The molecule has 0 fully saturated rings. The molecule has 2 N–H and O–H groups in total. The highest BCUT2D eigenvalue weighted by molar-refractivity contribution is 5.96. The van der Waals surface area contributed by atoms with Gasteiger partial charge < -0.3 is 29.6 Å². The van der Waals surface area contributed by atoms with Crippen molar-refractivity contribution in [3.8, 4) is 17.2 Å². The highest BCUT2D eigenvalue weighted by atomic mass is 16.5. The van der Waals surface area contributed by atoms with Crippen LogP contribution in [0.5, 0.6) is 17.2 Å². The number of carbonyl (C=O) groups excluding carboxylic acids is 2. The first kappa shape index (κ1) is 21.9. The maximum Gasteiger partial charge on any atom is 0.337 e. The molecule has 8 nitrogen and oxygen atoms in total. The molecule has 0 saturated carbocycles. The lowest BCUT2D eigenvalue weighted by atomic mass is 10.2. The Hall–Kier alpha value is -3.42. The third kappa shape index (κ3) is 6.03. The molecule has 156 valence electrons. The first-order valence-electron chi connectivity index (χ1n) is 9.02. The summed E-state index contributed by atoms with van der Waals surface area (Å²) in [7, 11) is 4.37. The molecule has 0 heterocycles. The summed E-state index contributed by atoms with van der Waals surface area (Å²) in [5, 5.41) is 5.79. The number of ether oxygens (including phenoxy) is 4. The van der Waals surface area contributed by atoms with Gasteiger partial charge in [-0.1, -0.05) is 0 Å². The van der Waals surface area contributed by atoms with E-state index in [4.69, 9.17) is 18.9 Å². The molecule has 0 saturated heterocycles. The van der Waals surface area contributed by atoms with E-state index in [1.54, 1.807) is 43.5 Å². The SMILES string of the molecule is COC(=O)c1ccc(OC(C)C)c(NCC(=O)Nc2ccc(OC)cc2OC)c1. The molecule has 1 amide bonds. The number of rotatable bonds is 9. The minimum absolute atomic E-state index is 0.0474. The smallest absolute Gasteiger partial charge is 0.337 e. The Morgan fingerprint density at radius 2 is 1.69 bits per heavy atom. The monoisotopic (exact) mass is 402 g/mol. The quantitative estimate of drug-likeness (QED) is 0.621. The molecule has 2 rings (SSSR count). The lowest BCUT2D eigenvalue weighted by Crippen LogP contribution is -2.22. The second-order valence-electron chi connectivity index (χ2n) is 6.34. The zero-order valence-electron chi connectivity index (χ0n) is 17.2. The Balaban J connectivity index is 2.13. The van der Waals surface area contributed by atoms with E-state index >= 15 is 0 Å². The maximum absolute atomic E-state index is 12.4. The van der Waals surface area contributed by atoms with E-state index in [1.807, 2.05) is 13.8 Å². The molecule has 0 radical (unpaired) electrons. The maximum atomic E-state index is 12.4. The van der Waals surface area contributed by atoms with Gasteiger partial charge in [0.1, 0.15) is 17.2 Å². The minimum atomic E-state index is -0.475. The molecule has 0 bridgehead atoms. The number of nitrogens with one attached hydrogen (secondary N) is 2. The Kier molecular flexibility index (Phi) is 7.70. The molecule has 0 aliphatic rings. The standard InChI is InChI=1S/C21H26N2O6/c1-13(2)29-18-9-6-14(21(25)28-5)10-17(18)22-12-20(24)23-16-8-7-15(26-3)11-19(16)27-4/h6-11,13,22H,12H2,1-5H3,(H,23,24). The lowest BCUT2D eigenvalue weighted by molar-refractivity contribution is -0.114. The number of hydrogen-bond acceptors (Lipinski definition) is 7. The van der Waals surface area contributed by atoms with Crippen molar-refractivity contribution < 1.29 is 28.5 Å². The van der Waals surface area contributed by atoms with Gasteiger partial charge in [0, 0.05) is 6.07 Å². The van der Waals surface area contributed by atoms with Crippen LogP contribution in [0.4, 0.5) is 11.4 Å². The summed E-state index contributed by atoms with van der Waals surface area (Å²) in [6.07, 6.45) is -0.0723. The molecule has 0 unspecified atom stereocenters. The topological polar surface area (TPSA) is 95.1 Å². The van der Waals surface area contributed by atoms with Gasteiger partial charge in [-0.3, -0.25) is 4.79 Å². The summed E-state index contributed by atoms with van der Waals surface area (Å²) >= 11 is 0. The average Bonchev–Trinajstić information content (AvgIpc) is 2.72. The molecule has 0 atom stereocenters. The summed E-state index contributed by atoms with van der Waals surface area (Å²) in [4.78, 5) is 24.2. The third-order valence-electron chi connectivity index (χ3n) is 3.89. The van der Waals surface area contributed by atoms with Gasteiger partial charge in [0.15, 0.2) is 0 Å². The largest absolute Gasteiger partial charge is 0.497 e. The summed E-state index contributed by atoms with van der Waals surface area (Å²) in [5.41, 5.74) is 1.38. The molecule has 0 aliphatic carbocycles. The molecule has 29 heavy (non-hydrogen) atoms. The van der Waals surface area contributed by atoms with Crippen LogP contribution in [0.3, 0.4) is 0 Å². The van der Waals surface area contributed by atoms with E-state index in [0.29, 0.717) is 34.2 Å². The van der Waals surface area contributed by atoms with Crippen molar-refractivity contribution in [2.75, 3.05) is 38.5 Å². The fourth-order valence-electron chi connectivity index (χ4n) is 2.54. The molecule has 0 aliphatic heterocycles. The van der Waals surface area contributed by atoms with Crippen LogP contribution < -0.4 is 24.8 Å². The summed E-state index contributed by atoms with van der Waals surface area (Å²) in [6.45, 7) is 3.73. The summed E-state index contributed by atoms with van der Waals surface area (Å²) < 4.78 is 20.9. The number of methoxy groups -OCH3 is 3. The summed E-state index contributed by atoms with van der Waals surface area (Å²) in [6, 6.07) is 9.96. The van der Waals surface area contributed by atoms with Gasteiger partial charge in [-0.05, 0) is 44.2 Å². The van der Waals surface area contributed by atoms with Crippen molar-refractivity contribution in [3.63, 3.8) is 0 Å². The van der Waals surface area contributed by atoms with Gasteiger partial charge in [-0.15, -0.1) is 0 Å². The van der Waals surface area contributed by atoms with E-state index in [-0.39, 0.29) is 18.6 Å². The van der Waals surface area contributed by atoms with Crippen molar-refractivity contribution in [2.24, 2.45) is 0 Å². The second kappa shape index (κ2) is 10.2. The Morgan fingerprint density at radius 3 is 2.31 bits per heavy atom. The van der Waals surface area contributed by atoms with Gasteiger partial charge in [0.05, 0.1) is 50.9 Å². The van der Waals surface area contributed by atoms with Gasteiger partial charge in [0.25, 0.3) is 0 Å². The van der Waals surface area contributed by atoms with Crippen LogP contribution in [0.15, 0.2) is 36.4 Å². The van der Waals surface area contributed by atoms with E-state index < -0.39 is 5.97 Å². The van der Waals surface area contributed by atoms with E-state index in [2.05, 4.69) is 10.6 Å². The van der Waals surface area contributed by atoms with Crippen LogP contribution in [0.25, 0.3) is 0 Å². The highest BCUT2D eigenvalue weighted by Gasteiger charge is 2.14. The van der Waals surface area contributed by atoms with Crippen molar-refractivity contribution in [3.05, 3.63) is 42.0 Å². The zero-order chi connectivity index (χ0) is 21.4. The minimum Gasteiger partial charge on any atom is -0.497 e. The predicted octanol–water partition coefficient (Wildman–Crippen LogP) is 3.33. The van der Waals surface area contributed by atoms with Gasteiger partial charge in [0.2, 0.25) is 5.91 Å². The number of anilines is 2. The van der Waals surface area contributed by atoms with Crippen molar-refractivity contribution in [1.82, 2.24) is 0 Å². The van der Waals surface area contributed by atoms with Crippen LogP contribution in [-0.2, 0) is 9.53 Å². The molecular weight excluding hydrogens is 376 g/mol. The average molecular weight is 402 g/mol. The molecule has 0 spiro atoms. The van der Waals surface area contributed by atoms with E-state index in [1.165, 1.54) is 14.2 Å². The first-order valence-corrected chi connectivity index (χ1v) is 9.02. The fourth-order valence-corrected chi connectivity index (χ4v) is 2.54. The molecule has 0 aromatic heterocycles. The highest BCUT2D eigenvalue weighted by Crippen LogP contribution is 2.30. The number of benzene rings is 2. The molecule has 2 aromatic carbocycles. The third-order valence-corrected chi connectivity index (χ3v) is 3.89. The number of esters is 1. The summed E-state index contributed by atoms with van der Waals surface area (Å²) in [5.74, 6) is 0.855. The van der Waals surface area contributed by atoms with Crippen LogP contribution >= 0.6 is 0 Å². The van der Waals surface area contributed by atoms with Crippen molar-refractivity contribution in [1.29, 1.82) is 0 Å². The number of carbonyl (C=O) groups is 2. The second-order valence-corrected chi connectivity index (χ2v) is 6.34. The molecule has 2 aromatic rings. The fraction of sp³-hybridized carbons (Fsp3) is 0.333. The predicted molar refractivity (Wildman–Crippen MR) is 110 cm³/mol. The lowest BCUT2D eigenvalue weighted by Gasteiger charge is -2.17. The normalized spacial score (nSPS) is 10.3. The van der Waals surface area contributed by atoms with Gasteiger partial charge in [-0.2, -0.15) is 0 Å². The number of hydrogen-bond donors (Lipinski definition) is 2. The van der Waals surface area contributed by atoms with Crippen LogP contribution in [-0.4, -0.2) is 45.9 Å². The van der Waals surface area contributed by atoms with Crippen molar-refractivity contribution >= 4 is 23.3 Å². The van der Waals surface area contributed by atoms with Crippen LogP contribution in [0.2, 0.25) is 0 Å². The Morgan fingerprint density at radius 1 is 0.931 bits per heavy atom. The zero-order valence-corrected chi connectivity index (χ0v) is 17.2. The molecule has 8 heteroatoms. The molecular formula is C21H26N2O6. The van der Waals surface area contributed by atoms with E-state index in [0.717, 1.165) is 0 Å². The number of amides is 1.